The molecule has 0 amide bonds. The van der Waals surface area contributed by atoms with E-state index in [1.165, 1.54) is 5.56 Å². The summed E-state index contributed by atoms with van der Waals surface area (Å²) in [5.74, 6) is 0.838. The van der Waals surface area contributed by atoms with E-state index in [2.05, 4.69) is 42.5 Å². The Labute approximate surface area is 209 Å². The topological polar surface area (TPSA) is 57.5 Å². The van der Waals surface area contributed by atoms with Gasteiger partial charge in [0.1, 0.15) is 0 Å². The van der Waals surface area contributed by atoms with Crippen LogP contribution in [0.2, 0.25) is 5.02 Å². The molecule has 6 nitrogen and oxygen atoms in total. The van der Waals surface area contributed by atoms with Crippen LogP contribution in [-0.2, 0) is 13.1 Å². The third kappa shape index (κ3) is 6.93. The maximum absolute atomic E-state index is 5.96. The first-order chi connectivity index (χ1) is 14.7. The van der Waals surface area contributed by atoms with Crippen LogP contribution in [0.25, 0.3) is 5.69 Å². The summed E-state index contributed by atoms with van der Waals surface area (Å²) in [5, 5.41) is 16.5. The standard InChI is InChI=1S/C22H27ClN6S.HI/c1-24-22(27-20-6-9-28(10-7-20)14-17-8-11-30-16-17)25-12-18-13-26-29(15-18)21-4-2-19(23)3-5-21;/h2-5,8,11,13,15-16,20H,6-7,9-10,12,14H2,1H3,(H2,24,25,27);1H. The Morgan fingerprint density at radius 2 is 1.97 bits per heavy atom. The van der Waals surface area contributed by atoms with Crippen LogP contribution in [0.5, 0.6) is 0 Å². The Bertz CT molecular complexity index is 949. The van der Waals surface area contributed by atoms with Gasteiger partial charge in [0.05, 0.1) is 11.9 Å². The van der Waals surface area contributed by atoms with Crippen LogP contribution in [0, 0.1) is 0 Å². The Morgan fingerprint density at radius 1 is 1.19 bits per heavy atom. The SMILES string of the molecule is CN=C(NCc1cnn(-c2ccc(Cl)cc2)c1)NC1CCN(Cc2ccsc2)CC1.I. The highest BCUT2D eigenvalue weighted by atomic mass is 127. The molecule has 166 valence electrons. The van der Waals surface area contributed by atoms with Gasteiger partial charge in [-0.15, -0.1) is 24.0 Å². The van der Waals surface area contributed by atoms with Crippen molar-refractivity contribution in [1.29, 1.82) is 0 Å². The van der Waals surface area contributed by atoms with Gasteiger partial charge in [-0.1, -0.05) is 11.6 Å². The second-order valence-corrected chi connectivity index (χ2v) is 8.74. The maximum Gasteiger partial charge on any atom is 0.191 e. The maximum atomic E-state index is 5.96. The molecule has 1 fully saturated rings. The fourth-order valence-electron chi connectivity index (χ4n) is 3.64. The lowest BCUT2D eigenvalue weighted by atomic mass is 10.0. The molecule has 31 heavy (non-hydrogen) atoms. The normalized spacial score (nSPS) is 15.5. The molecule has 0 unspecified atom stereocenters. The van der Waals surface area contributed by atoms with Crippen molar-refractivity contribution in [3.63, 3.8) is 0 Å². The summed E-state index contributed by atoms with van der Waals surface area (Å²) in [6.07, 6.45) is 6.14. The van der Waals surface area contributed by atoms with Crippen LogP contribution < -0.4 is 10.6 Å². The van der Waals surface area contributed by atoms with E-state index in [0.29, 0.717) is 12.6 Å². The van der Waals surface area contributed by atoms with Crippen molar-refractivity contribution < 1.29 is 0 Å². The number of aliphatic imine (C=N–C) groups is 1. The van der Waals surface area contributed by atoms with Gasteiger partial charge >= 0.3 is 0 Å². The van der Waals surface area contributed by atoms with Crippen LogP contribution in [0.1, 0.15) is 24.0 Å². The average molecular weight is 571 g/mol. The molecule has 0 bridgehead atoms. The van der Waals surface area contributed by atoms with Crippen LogP contribution in [-0.4, -0.2) is 46.8 Å². The summed E-state index contributed by atoms with van der Waals surface area (Å²) in [5.41, 5.74) is 3.50. The van der Waals surface area contributed by atoms with Gasteiger partial charge in [-0.2, -0.15) is 16.4 Å². The molecule has 1 aliphatic rings. The van der Waals surface area contributed by atoms with E-state index < -0.39 is 0 Å². The van der Waals surface area contributed by atoms with Crippen molar-refractivity contribution >= 4 is 52.9 Å². The third-order valence-corrected chi connectivity index (χ3v) is 6.31. The number of piperidine rings is 1. The highest BCUT2D eigenvalue weighted by Crippen LogP contribution is 2.16. The summed E-state index contributed by atoms with van der Waals surface area (Å²) in [6.45, 7) is 3.95. The highest BCUT2D eigenvalue weighted by Gasteiger charge is 2.20. The van der Waals surface area contributed by atoms with Crippen molar-refractivity contribution in [2.24, 2.45) is 4.99 Å². The minimum atomic E-state index is 0. The Balaban J connectivity index is 0.00000272. The number of likely N-dealkylation sites (tertiary alicyclic amines) is 1. The number of thiophene rings is 1. The molecule has 1 aliphatic heterocycles. The fraction of sp³-hybridized carbons (Fsp3) is 0.364. The van der Waals surface area contributed by atoms with Gasteiger partial charge in [-0.05, 0) is 59.5 Å². The first-order valence-corrected chi connectivity index (χ1v) is 11.5. The summed E-state index contributed by atoms with van der Waals surface area (Å²) >= 11 is 7.73. The number of nitrogens with one attached hydrogen (secondary N) is 2. The first-order valence-electron chi connectivity index (χ1n) is 10.2. The molecule has 0 aliphatic carbocycles. The second kappa shape index (κ2) is 11.8. The zero-order valence-corrected chi connectivity index (χ0v) is 21.4. The molecule has 2 N–H and O–H groups in total. The van der Waals surface area contributed by atoms with E-state index in [-0.39, 0.29) is 24.0 Å². The minimum absolute atomic E-state index is 0. The van der Waals surface area contributed by atoms with Gasteiger partial charge in [0, 0.05) is 56.1 Å². The number of hydrogen-bond donors (Lipinski definition) is 2. The minimum Gasteiger partial charge on any atom is -0.354 e. The molecular formula is C22H28ClIN6S. The van der Waals surface area contributed by atoms with E-state index in [9.17, 15) is 0 Å². The monoisotopic (exact) mass is 570 g/mol. The Hall–Kier alpha value is -1.62. The summed E-state index contributed by atoms with van der Waals surface area (Å²) in [4.78, 5) is 6.92. The van der Waals surface area contributed by atoms with Gasteiger partial charge in [0.25, 0.3) is 0 Å². The molecule has 9 heteroatoms. The Morgan fingerprint density at radius 3 is 2.65 bits per heavy atom. The molecule has 1 aromatic carbocycles. The molecule has 1 saturated heterocycles. The van der Waals surface area contributed by atoms with Crippen molar-refractivity contribution in [2.75, 3.05) is 20.1 Å². The van der Waals surface area contributed by atoms with Gasteiger partial charge in [0.2, 0.25) is 0 Å². The van der Waals surface area contributed by atoms with E-state index in [1.807, 2.05) is 48.4 Å². The van der Waals surface area contributed by atoms with Gasteiger partial charge in [-0.25, -0.2) is 4.68 Å². The van der Waals surface area contributed by atoms with Crippen LogP contribution in [0.15, 0.2) is 58.5 Å². The molecular weight excluding hydrogens is 543 g/mol. The summed E-state index contributed by atoms with van der Waals surface area (Å²) in [6, 6.07) is 10.3. The lowest BCUT2D eigenvalue weighted by molar-refractivity contribution is 0.198. The fourth-order valence-corrected chi connectivity index (χ4v) is 4.42. The number of guanidine groups is 1. The van der Waals surface area contributed by atoms with Crippen molar-refractivity contribution in [1.82, 2.24) is 25.3 Å². The quantitative estimate of drug-likeness (QED) is 0.260. The number of hydrogen-bond acceptors (Lipinski definition) is 4. The van der Waals surface area contributed by atoms with Gasteiger partial charge < -0.3 is 10.6 Å². The lowest BCUT2D eigenvalue weighted by Gasteiger charge is -2.32. The molecule has 0 saturated carbocycles. The number of halogens is 2. The van der Waals surface area contributed by atoms with Crippen LogP contribution in [0.3, 0.4) is 0 Å². The lowest BCUT2D eigenvalue weighted by Crippen LogP contribution is -2.48. The van der Waals surface area contributed by atoms with Crippen molar-refractivity contribution in [3.8, 4) is 5.69 Å². The number of benzene rings is 1. The predicted molar refractivity (Wildman–Crippen MR) is 140 cm³/mol. The van der Waals surface area contributed by atoms with Crippen LogP contribution in [0.4, 0.5) is 0 Å². The predicted octanol–water partition coefficient (Wildman–Crippen LogP) is 4.53. The molecule has 3 aromatic rings. The molecule has 0 atom stereocenters. The van der Waals surface area contributed by atoms with Crippen molar-refractivity contribution in [3.05, 3.63) is 69.6 Å². The number of nitrogens with zero attached hydrogens (tertiary/aromatic N) is 4. The molecule has 2 aromatic heterocycles. The van der Waals surface area contributed by atoms with Gasteiger partial charge in [0.15, 0.2) is 5.96 Å². The molecule has 4 rings (SSSR count). The van der Waals surface area contributed by atoms with Crippen molar-refractivity contribution in [2.45, 2.75) is 32.0 Å². The Kier molecular flexibility index (Phi) is 9.18. The second-order valence-electron chi connectivity index (χ2n) is 7.52. The third-order valence-electron chi connectivity index (χ3n) is 5.33. The molecule has 0 radical (unpaired) electrons. The van der Waals surface area contributed by atoms with E-state index in [0.717, 1.165) is 54.7 Å². The zero-order valence-electron chi connectivity index (χ0n) is 17.5. The highest BCUT2D eigenvalue weighted by molar-refractivity contribution is 14.0. The summed E-state index contributed by atoms with van der Waals surface area (Å²) < 4.78 is 1.85. The van der Waals surface area contributed by atoms with E-state index in [1.54, 1.807) is 11.3 Å². The zero-order chi connectivity index (χ0) is 20.8. The summed E-state index contributed by atoms with van der Waals surface area (Å²) in [7, 11) is 1.82. The van der Waals surface area contributed by atoms with E-state index in [4.69, 9.17) is 11.6 Å². The average Bonchev–Trinajstić information content (AvgIpc) is 3.45. The number of rotatable bonds is 6. The van der Waals surface area contributed by atoms with Crippen LogP contribution >= 0.6 is 46.9 Å². The first kappa shape index (κ1) is 24.0. The van der Waals surface area contributed by atoms with Gasteiger partial charge in [-0.3, -0.25) is 9.89 Å². The number of aromatic nitrogens is 2. The largest absolute Gasteiger partial charge is 0.354 e. The smallest absolute Gasteiger partial charge is 0.191 e. The van der Waals surface area contributed by atoms with E-state index >= 15 is 0 Å². The molecule has 0 spiro atoms. The molecule has 3 heterocycles.